The predicted molar refractivity (Wildman–Crippen MR) is 132 cm³/mol. The van der Waals surface area contributed by atoms with Crippen molar-refractivity contribution in [2.75, 3.05) is 12.9 Å². The molecule has 1 N–H and O–H groups in total. The minimum absolute atomic E-state index is 0.0445. The maximum absolute atomic E-state index is 12.9. The molecule has 0 fully saturated rings. The number of sulfone groups is 1. The average molecular weight is 535 g/mol. The Balaban J connectivity index is 1.66. The molecule has 0 saturated carbocycles. The maximum atomic E-state index is 12.9. The van der Waals surface area contributed by atoms with E-state index in [0.29, 0.717) is 16.7 Å². The van der Waals surface area contributed by atoms with Crippen molar-refractivity contribution in [3.63, 3.8) is 0 Å². The SMILES string of the molecule is COc1cc(/C=C/C(=O)[C@@H](O)c2ccccc2)ccc1S(=O)(=O)CCCc1cccc(OC(F)(F)F)c1. The summed E-state index contributed by atoms with van der Waals surface area (Å²) in [7, 11) is -2.46. The summed E-state index contributed by atoms with van der Waals surface area (Å²) in [4.78, 5) is 12.3. The number of methoxy groups -OCH3 is 1. The van der Waals surface area contributed by atoms with Crippen LogP contribution in [0.2, 0.25) is 0 Å². The van der Waals surface area contributed by atoms with Crippen LogP contribution in [0.3, 0.4) is 0 Å². The number of benzene rings is 3. The lowest BCUT2D eigenvalue weighted by molar-refractivity contribution is -0.274. The van der Waals surface area contributed by atoms with E-state index in [9.17, 15) is 31.5 Å². The summed E-state index contributed by atoms with van der Waals surface area (Å²) in [5.41, 5.74) is 1.45. The van der Waals surface area contributed by atoms with Crippen LogP contribution in [-0.2, 0) is 21.1 Å². The second-order valence-electron chi connectivity index (χ2n) is 8.08. The normalized spacial score (nSPS) is 12.9. The van der Waals surface area contributed by atoms with Crippen molar-refractivity contribution >= 4 is 21.7 Å². The molecule has 3 aromatic rings. The number of ether oxygens (including phenoxy) is 2. The van der Waals surface area contributed by atoms with Crippen molar-refractivity contribution in [1.29, 1.82) is 0 Å². The summed E-state index contributed by atoms with van der Waals surface area (Å²) < 4.78 is 72.2. The zero-order chi connectivity index (χ0) is 27.1. The van der Waals surface area contributed by atoms with Gasteiger partial charge in [0.05, 0.1) is 12.9 Å². The number of halogens is 3. The van der Waals surface area contributed by atoms with Gasteiger partial charge in [-0.3, -0.25) is 4.79 Å². The first kappa shape index (κ1) is 27.9. The van der Waals surface area contributed by atoms with E-state index in [0.717, 1.165) is 0 Å². The Morgan fingerprint density at radius 3 is 2.43 bits per heavy atom. The molecule has 6 nitrogen and oxygen atoms in total. The number of carbonyl (C=O) groups is 1. The summed E-state index contributed by atoms with van der Waals surface area (Å²) >= 11 is 0. The topological polar surface area (TPSA) is 89.9 Å². The molecule has 10 heteroatoms. The molecule has 0 aliphatic carbocycles. The van der Waals surface area contributed by atoms with Crippen LogP contribution in [-0.4, -0.2) is 38.5 Å². The summed E-state index contributed by atoms with van der Waals surface area (Å²) in [6.45, 7) is 0. The smallest absolute Gasteiger partial charge is 0.495 e. The van der Waals surface area contributed by atoms with Crippen molar-refractivity contribution in [1.82, 2.24) is 0 Å². The quantitative estimate of drug-likeness (QED) is 0.335. The summed E-state index contributed by atoms with van der Waals surface area (Å²) in [5.74, 6) is -1.08. The highest BCUT2D eigenvalue weighted by Gasteiger charge is 2.31. The van der Waals surface area contributed by atoms with Crippen molar-refractivity contribution in [3.05, 3.63) is 95.6 Å². The van der Waals surface area contributed by atoms with Gasteiger partial charge in [-0.15, -0.1) is 13.2 Å². The van der Waals surface area contributed by atoms with Crippen LogP contribution in [0, 0.1) is 0 Å². The molecule has 3 rings (SSSR count). The zero-order valence-electron chi connectivity index (χ0n) is 19.8. The van der Waals surface area contributed by atoms with Crippen molar-refractivity contribution < 1.29 is 41.0 Å². The molecule has 0 spiro atoms. The molecule has 0 unspecified atom stereocenters. The Morgan fingerprint density at radius 1 is 1.03 bits per heavy atom. The van der Waals surface area contributed by atoms with Crippen LogP contribution in [0.15, 0.2) is 83.8 Å². The number of hydrogen-bond acceptors (Lipinski definition) is 6. The number of rotatable bonds is 11. The van der Waals surface area contributed by atoms with Gasteiger partial charge in [0.25, 0.3) is 0 Å². The van der Waals surface area contributed by atoms with Crippen LogP contribution in [0.25, 0.3) is 6.08 Å². The third-order valence-corrected chi connectivity index (χ3v) is 7.19. The van der Waals surface area contributed by atoms with Crippen molar-refractivity contribution in [3.8, 4) is 11.5 Å². The van der Waals surface area contributed by atoms with Crippen LogP contribution >= 0.6 is 0 Å². The monoisotopic (exact) mass is 534 g/mol. The number of ketones is 1. The summed E-state index contributed by atoms with van der Waals surface area (Å²) in [5, 5.41) is 10.2. The molecule has 3 aromatic carbocycles. The number of aliphatic hydroxyl groups is 1. The molecule has 0 aliphatic rings. The third-order valence-electron chi connectivity index (χ3n) is 5.36. The molecule has 0 saturated heterocycles. The zero-order valence-corrected chi connectivity index (χ0v) is 20.6. The van der Waals surface area contributed by atoms with E-state index in [-0.39, 0.29) is 35.0 Å². The summed E-state index contributed by atoms with van der Waals surface area (Å²) in [6.07, 6.45) is -3.09. The van der Waals surface area contributed by atoms with E-state index in [2.05, 4.69) is 4.74 Å². The molecular formula is C27H25F3O6S. The molecule has 0 aromatic heterocycles. The molecule has 196 valence electrons. The lowest BCUT2D eigenvalue weighted by atomic mass is 10.0. The predicted octanol–water partition coefficient (Wildman–Crippen LogP) is 5.32. The second-order valence-corrected chi connectivity index (χ2v) is 10.2. The van der Waals surface area contributed by atoms with Gasteiger partial charge in [-0.05, 0) is 59.9 Å². The lowest BCUT2D eigenvalue weighted by Gasteiger charge is -2.12. The molecule has 0 heterocycles. The van der Waals surface area contributed by atoms with Gasteiger partial charge >= 0.3 is 6.36 Å². The Labute approximate surface area is 212 Å². The van der Waals surface area contributed by atoms with Gasteiger partial charge in [0.1, 0.15) is 22.5 Å². The maximum Gasteiger partial charge on any atom is 0.573 e. The van der Waals surface area contributed by atoms with Gasteiger partial charge < -0.3 is 14.6 Å². The van der Waals surface area contributed by atoms with Gasteiger partial charge in [0.2, 0.25) is 0 Å². The van der Waals surface area contributed by atoms with Gasteiger partial charge in [-0.1, -0.05) is 54.6 Å². The van der Waals surface area contributed by atoms with Crippen molar-refractivity contribution in [2.24, 2.45) is 0 Å². The first-order valence-electron chi connectivity index (χ1n) is 11.2. The number of aliphatic hydroxyl groups excluding tert-OH is 1. The first-order chi connectivity index (χ1) is 17.5. The molecule has 1 atom stereocenters. The molecule has 0 amide bonds. The molecule has 0 radical (unpaired) electrons. The van der Waals surface area contributed by atoms with Crippen molar-refractivity contribution in [2.45, 2.75) is 30.2 Å². The molecule has 0 bridgehead atoms. The molecule has 0 aliphatic heterocycles. The van der Waals surface area contributed by atoms with Crippen LogP contribution < -0.4 is 9.47 Å². The largest absolute Gasteiger partial charge is 0.573 e. The minimum atomic E-state index is -4.81. The Bertz CT molecular complexity index is 1350. The fourth-order valence-corrected chi connectivity index (χ4v) is 5.06. The standard InChI is InChI=1S/C27H25F3O6S/c1-35-24-18-20(12-14-23(31)26(32)21-9-3-2-4-10-21)13-15-25(24)37(33,34)16-6-8-19-7-5-11-22(17-19)36-27(28,29)30/h2-5,7,9-15,17-18,26,32H,6,8,16H2,1H3/b14-12+/t26-/m0/s1. The van der Waals surface area contributed by atoms with Gasteiger partial charge in [-0.25, -0.2) is 8.42 Å². The second kappa shape index (κ2) is 12.1. The van der Waals surface area contributed by atoms with Crippen LogP contribution in [0.5, 0.6) is 11.5 Å². The van der Waals surface area contributed by atoms with Gasteiger partial charge in [-0.2, -0.15) is 0 Å². The van der Waals surface area contributed by atoms with E-state index >= 15 is 0 Å². The third kappa shape index (κ3) is 8.19. The van der Waals surface area contributed by atoms with E-state index in [1.165, 1.54) is 55.7 Å². The number of aryl methyl sites for hydroxylation is 1. The van der Waals surface area contributed by atoms with E-state index in [1.807, 2.05) is 0 Å². The van der Waals surface area contributed by atoms with Gasteiger partial charge in [0, 0.05) is 0 Å². The summed E-state index contributed by atoms with van der Waals surface area (Å²) in [6, 6.07) is 18.2. The lowest BCUT2D eigenvalue weighted by Crippen LogP contribution is -2.17. The van der Waals surface area contributed by atoms with E-state index in [4.69, 9.17) is 4.74 Å². The van der Waals surface area contributed by atoms with Crippen LogP contribution in [0.1, 0.15) is 29.2 Å². The van der Waals surface area contributed by atoms with Crippen LogP contribution in [0.4, 0.5) is 13.2 Å². The van der Waals surface area contributed by atoms with E-state index < -0.39 is 28.1 Å². The highest BCUT2D eigenvalue weighted by Crippen LogP contribution is 2.28. The van der Waals surface area contributed by atoms with E-state index in [1.54, 1.807) is 36.4 Å². The molecule has 37 heavy (non-hydrogen) atoms. The number of hydrogen-bond donors (Lipinski definition) is 1. The highest BCUT2D eigenvalue weighted by molar-refractivity contribution is 7.91. The first-order valence-corrected chi connectivity index (χ1v) is 12.8. The Kier molecular flexibility index (Phi) is 9.12. The molecular weight excluding hydrogens is 509 g/mol. The number of alkyl halides is 3. The average Bonchev–Trinajstić information content (AvgIpc) is 2.86. The van der Waals surface area contributed by atoms with Gasteiger partial charge in [0.15, 0.2) is 15.6 Å². The highest BCUT2D eigenvalue weighted by atomic mass is 32.2. The fraction of sp³-hybridized carbons (Fsp3) is 0.222. The Hall–Kier alpha value is -3.63. The Morgan fingerprint density at radius 2 is 1.76 bits per heavy atom. The fourth-order valence-electron chi connectivity index (χ4n) is 3.59. The minimum Gasteiger partial charge on any atom is -0.495 e. The number of carbonyl (C=O) groups excluding carboxylic acids is 1.